The van der Waals surface area contributed by atoms with Gasteiger partial charge in [-0.2, -0.15) is 0 Å². The van der Waals surface area contributed by atoms with Gasteiger partial charge in [0.25, 0.3) is 0 Å². The predicted octanol–water partition coefficient (Wildman–Crippen LogP) is 1.66. The minimum atomic E-state index is 0.303. The van der Waals surface area contributed by atoms with Crippen LogP contribution in [-0.4, -0.2) is 42.2 Å². The number of nitrogens with one attached hydrogen (secondary N) is 1. The quantitative estimate of drug-likeness (QED) is 0.894. The van der Waals surface area contributed by atoms with Gasteiger partial charge >= 0.3 is 0 Å². The fourth-order valence-electron chi connectivity index (χ4n) is 3.12. The summed E-state index contributed by atoms with van der Waals surface area (Å²) in [6.45, 7) is 6.59. The van der Waals surface area contributed by atoms with Crippen LogP contribution in [0.2, 0.25) is 0 Å². The van der Waals surface area contributed by atoms with Crippen molar-refractivity contribution in [3.63, 3.8) is 0 Å². The molecule has 19 heavy (non-hydrogen) atoms. The molecule has 0 spiro atoms. The first-order valence-electron chi connectivity index (χ1n) is 7.17. The highest BCUT2D eigenvalue weighted by Crippen LogP contribution is 2.40. The van der Waals surface area contributed by atoms with Crippen LogP contribution in [-0.2, 0) is 6.54 Å². The molecule has 1 aromatic rings. The van der Waals surface area contributed by atoms with Crippen LogP contribution in [0, 0.1) is 5.92 Å². The summed E-state index contributed by atoms with van der Waals surface area (Å²) in [5.74, 6) is 1.58. The summed E-state index contributed by atoms with van der Waals surface area (Å²) in [6.07, 6.45) is 2.77. The van der Waals surface area contributed by atoms with Crippen molar-refractivity contribution >= 4 is 0 Å². The lowest BCUT2D eigenvalue weighted by molar-refractivity contribution is 0.120. The Bertz CT molecular complexity index is 447. The largest absolute Gasteiger partial charge is 0.481 e. The molecule has 1 aromatic heterocycles. The number of pyridine rings is 1. The van der Waals surface area contributed by atoms with E-state index in [1.54, 1.807) is 7.11 Å². The number of rotatable bonds is 4. The Kier molecular flexibility index (Phi) is 3.46. The highest BCUT2D eigenvalue weighted by Gasteiger charge is 2.43. The van der Waals surface area contributed by atoms with Gasteiger partial charge in [-0.15, -0.1) is 0 Å². The number of methoxy groups -OCH3 is 1. The fourth-order valence-corrected chi connectivity index (χ4v) is 3.12. The van der Waals surface area contributed by atoms with E-state index in [4.69, 9.17) is 4.74 Å². The summed E-state index contributed by atoms with van der Waals surface area (Å²) in [6, 6.07) is 6.00. The van der Waals surface area contributed by atoms with E-state index in [2.05, 4.69) is 28.2 Å². The molecule has 1 N–H and O–H groups in total. The molecule has 1 atom stereocenters. The smallest absolute Gasteiger partial charge is 0.213 e. The second-order valence-corrected chi connectivity index (χ2v) is 6.00. The van der Waals surface area contributed by atoms with Crippen LogP contribution in [0.1, 0.15) is 25.5 Å². The van der Waals surface area contributed by atoms with Gasteiger partial charge in [-0.05, 0) is 31.7 Å². The van der Waals surface area contributed by atoms with E-state index in [0.29, 0.717) is 11.4 Å². The Morgan fingerprint density at radius 3 is 3.05 bits per heavy atom. The average Bonchev–Trinajstić information content (AvgIpc) is 3.24. The lowest BCUT2D eigenvalue weighted by atomic mass is 9.93. The molecule has 1 aliphatic heterocycles. The van der Waals surface area contributed by atoms with Crippen LogP contribution in [0.3, 0.4) is 0 Å². The zero-order chi connectivity index (χ0) is 13.3. The van der Waals surface area contributed by atoms with Crippen molar-refractivity contribution in [1.29, 1.82) is 0 Å². The van der Waals surface area contributed by atoms with Crippen LogP contribution in [0.5, 0.6) is 5.88 Å². The van der Waals surface area contributed by atoms with Gasteiger partial charge in [0.15, 0.2) is 0 Å². The number of ether oxygens (including phenoxy) is 1. The molecule has 2 aliphatic rings. The fraction of sp³-hybridized carbons (Fsp3) is 0.667. The van der Waals surface area contributed by atoms with Crippen molar-refractivity contribution in [3.05, 3.63) is 23.9 Å². The molecule has 1 saturated carbocycles. The normalized spacial score (nSPS) is 28.3. The second kappa shape index (κ2) is 5.10. The van der Waals surface area contributed by atoms with E-state index in [1.165, 1.54) is 12.8 Å². The molecule has 2 fully saturated rings. The van der Waals surface area contributed by atoms with Crippen molar-refractivity contribution in [2.45, 2.75) is 31.8 Å². The highest BCUT2D eigenvalue weighted by atomic mass is 16.5. The Morgan fingerprint density at radius 1 is 1.47 bits per heavy atom. The third kappa shape index (κ3) is 2.90. The average molecular weight is 261 g/mol. The van der Waals surface area contributed by atoms with E-state index in [1.807, 2.05) is 12.1 Å². The van der Waals surface area contributed by atoms with Gasteiger partial charge in [-0.1, -0.05) is 6.07 Å². The minimum Gasteiger partial charge on any atom is -0.481 e. The first-order chi connectivity index (χ1) is 9.19. The highest BCUT2D eigenvalue weighted by molar-refractivity contribution is 5.16. The van der Waals surface area contributed by atoms with Crippen LogP contribution < -0.4 is 10.1 Å². The molecule has 3 rings (SSSR count). The standard InChI is InChI=1S/C15H23N3O/c1-15(12-6-7-12)11-18(9-8-16-15)10-13-4-3-5-14(17-13)19-2/h3-5,12,16H,6-11H2,1-2H3. The number of nitrogens with zero attached hydrogens (tertiary/aromatic N) is 2. The van der Waals surface area contributed by atoms with Gasteiger partial charge in [0, 0.05) is 37.8 Å². The monoisotopic (exact) mass is 261 g/mol. The molecule has 4 nitrogen and oxygen atoms in total. The lowest BCUT2D eigenvalue weighted by Crippen LogP contribution is -2.59. The van der Waals surface area contributed by atoms with Crippen molar-refractivity contribution < 1.29 is 4.74 Å². The second-order valence-electron chi connectivity index (χ2n) is 6.00. The molecule has 4 heteroatoms. The summed E-state index contributed by atoms with van der Waals surface area (Å²) in [4.78, 5) is 7.02. The molecule has 1 unspecified atom stereocenters. The SMILES string of the molecule is COc1cccc(CN2CCNC(C)(C3CC3)C2)n1. The summed E-state index contributed by atoms with van der Waals surface area (Å²) in [5, 5.41) is 3.71. The maximum absolute atomic E-state index is 5.19. The summed E-state index contributed by atoms with van der Waals surface area (Å²) < 4.78 is 5.19. The van der Waals surface area contributed by atoms with Gasteiger partial charge in [0.2, 0.25) is 5.88 Å². The Hall–Kier alpha value is -1.13. The Labute approximate surface area is 115 Å². The number of aromatic nitrogens is 1. The van der Waals surface area contributed by atoms with Gasteiger partial charge in [-0.25, -0.2) is 4.98 Å². The Balaban J connectivity index is 1.65. The molecular weight excluding hydrogens is 238 g/mol. The molecule has 0 radical (unpaired) electrons. The maximum Gasteiger partial charge on any atom is 0.213 e. The van der Waals surface area contributed by atoms with Crippen LogP contribution in [0.4, 0.5) is 0 Å². The summed E-state index contributed by atoms with van der Waals surface area (Å²) >= 11 is 0. The first-order valence-corrected chi connectivity index (χ1v) is 7.17. The molecular formula is C15H23N3O. The number of hydrogen-bond acceptors (Lipinski definition) is 4. The van der Waals surface area contributed by atoms with E-state index in [-0.39, 0.29) is 0 Å². The summed E-state index contributed by atoms with van der Waals surface area (Å²) in [7, 11) is 1.67. The molecule has 0 aromatic carbocycles. The topological polar surface area (TPSA) is 37.4 Å². The first kappa shape index (κ1) is 12.9. The van der Waals surface area contributed by atoms with Gasteiger partial charge in [-0.3, -0.25) is 4.90 Å². The molecule has 1 aliphatic carbocycles. The van der Waals surface area contributed by atoms with Crippen molar-refractivity contribution in [2.75, 3.05) is 26.7 Å². The molecule has 1 saturated heterocycles. The summed E-state index contributed by atoms with van der Waals surface area (Å²) in [5.41, 5.74) is 1.40. The lowest BCUT2D eigenvalue weighted by Gasteiger charge is -2.42. The van der Waals surface area contributed by atoms with E-state index >= 15 is 0 Å². The van der Waals surface area contributed by atoms with Crippen molar-refractivity contribution in [3.8, 4) is 5.88 Å². The van der Waals surface area contributed by atoms with Gasteiger partial charge < -0.3 is 10.1 Å². The number of hydrogen-bond donors (Lipinski definition) is 1. The molecule has 0 amide bonds. The van der Waals surface area contributed by atoms with Gasteiger partial charge in [0.1, 0.15) is 0 Å². The van der Waals surface area contributed by atoms with E-state index in [9.17, 15) is 0 Å². The zero-order valence-corrected chi connectivity index (χ0v) is 11.9. The van der Waals surface area contributed by atoms with Crippen LogP contribution >= 0.6 is 0 Å². The van der Waals surface area contributed by atoms with Crippen LogP contribution in [0.15, 0.2) is 18.2 Å². The molecule has 0 bridgehead atoms. The van der Waals surface area contributed by atoms with E-state index in [0.717, 1.165) is 37.8 Å². The number of piperazine rings is 1. The third-order valence-corrected chi connectivity index (χ3v) is 4.36. The Morgan fingerprint density at radius 2 is 2.32 bits per heavy atom. The van der Waals surface area contributed by atoms with Crippen LogP contribution in [0.25, 0.3) is 0 Å². The maximum atomic E-state index is 5.19. The van der Waals surface area contributed by atoms with Crippen molar-refractivity contribution in [1.82, 2.24) is 15.2 Å². The third-order valence-electron chi connectivity index (χ3n) is 4.36. The van der Waals surface area contributed by atoms with Crippen molar-refractivity contribution in [2.24, 2.45) is 5.92 Å². The molecule has 2 heterocycles. The predicted molar refractivity (Wildman–Crippen MR) is 75.2 cm³/mol. The van der Waals surface area contributed by atoms with E-state index < -0.39 is 0 Å². The molecule has 104 valence electrons. The van der Waals surface area contributed by atoms with Gasteiger partial charge in [0.05, 0.1) is 12.8 Å². The zero-order valence-electron chi connectivity index (χ0n) is 11.9. The minimum absolute atomic E-state index is 0.303.